The van der Waals surface area contributed by atoms with Crippen LogP contribution in [0.3, 0.4) is 0 Å². The number of aliphatic hydroxyl groups excluding tert-OH is 1. The standard InChI is InChI=1S/C24H32F3N7O5S/c1-23(36,24(25,26)27)15-8-30-22(31-9-15)33-5-4-32(40(37,38)20-2-3-21(28)29-10-20)11-18(33)12-34-16-6-19(35)7-17(34)14-39-13-16/h2-3,8-10,16-19,35-36H,4-7,11-14H2,1H3,(H2,28,29)/t16?,17?,18-,19?,23?/m1/s1. The normalized spacial score (nSPS) is 28.3. The van der Waals surface area contributed by atoms with Gasteiger partial charge in [0.15, 0.2) is 5.60 Å². The van der Waals surface area contributed by atoms with Crippen molar-refractivity contribution in [1.29, 1.82) is 0 Å². The van der Waals surface area contributed by atoms with Crippen LogP contribution < -0.4 is 10.6 Å². The molecule has 16 heteroatoms. The third-order valence-corrected chi connectivity index (χ3v) is 9.77. The van der Waals surface area contributed by atoms with Crippen LogP contribution in [0.25, 0.3) is 0 Å². The van der Waals surface area contributed by atoms with Gasteiger partial charge in [-0.25, -0.2) is 23.4 Å². The van der Waals surface area contributed by atoms with Gasteiger partial charge in [-0.15, -0.1) is 0 Å². The summed E-state index contributed by atoms with van der Waals surface area (Å²) < 4.78 is 74.0. The number of aliphatic hydroxyl groups is 2. The van der Waals surface area contributed by atoms with E-state index in [4.69, 9.17) is 10.5 Å². The van der Waals surface area contributed by atoms with E-state index in [1.165, 1.54) is 22.6 Å². The second kappa shape index (κ2) is 10.6. The molecule has 2 bridgehead atoms. The predicted molar refractivity (Wildman–Crippen MR) is 137 cm³/mol. The summed E-state index contributed by atoms with van der Waals surface area (Å²) in [6, 6.07) is 2.19. The van der Waals surface area contributed by atoms with Crippen LogP contribution in [0, 0.1) is 0 Å². The zero-order valence-corrected chi connectivity index (χ0v) is 22.6. The highest BCUT2D eigenvalue weighted by Gasteiger charge is 2.52. The molecular weight excluding hydrogens is 555 g/mol. The number of morpholine rings is 1. The maximum atomic E-state index is 13.5. The lowest BCUT2D eigenvalue weighted by molar-refractivity contribution is -0.259. The monoisotopic (exact) mass is 587 g/mol. The Morgan fingerprint density at radius 3 is 2.30 bits per heavy atom. The van der Waals surface area contributed by atoms with E-state index in [1.807, 2.05) is 0 Å². The summed E-state index contributed by atoms with van der Waals surface area (Å²) in [5, 5.41) is 20.3. The van der Waals surface area contributed by atoms with Gasteiger partial charge in [0.2, 0.25) is 16.0 Å². The van der Waals surface area contributed by atoms with Crippen LogP contribution in [-0.2, 0) is 20.4 Å². The fraction of sp³-hybridized carbons (Fsp3) is 0.625. The summed E-state index contributed by atoms with van der Waals surface area (Å²) in [4.78, 5) is 16.2. The summed E-state index contributed by atoms with van der Waals surface area (Å²) in [5.74, 6) is 0.309. The number of anilines is 2. The predicted octanol–water partition coefficient (Wildman–Crippen LogP) is 0.327. The van der Waals surface area contributed by atoms with E-state index in [-0.39, 0.29) is 48.4 Å². The molecule has 3 saturated heterocycles. The van der Waals surface area contributed by atoms with Gasteiger partial charge >= 0.3 is 6.18 Å². The van der Waals surface area contributed by atoms with Gasteiger partial charge in [0.25, 0.3) is 0 Å². The molecule has 220 valence electrons. The van der Waals surface area contributed by atoms with Crippen molar-refractivity contribution < 1.29 is 36.5 Å². The molecule has 0 saturated carbocycles. The Morgan fingerprint density at radius 1 is 1.07 bits per heavy atom. The average Bonchev–Trinajstić information content (AvgIpc) is 2.89. The first-order chi connectivity index (χ1) is 18.8. The topological polar surface area (TPSA) is 158 Å². The molecule has 2 aromatic heterocycles. The minimum absolute atomic E-state index is 0.00440. The molecule has 3 unspecified atom stereocenters. The smallest absolute Gasteiger partial charge is 0.393 e. The van der Waals surface area contributed by atoms with Crippen LogP contribution in [0.5, 0.6) is 0 Å². The van der Waals surface area contributed by atoms with Crippen LogP contribution in [-0.4, -0.2) is 113 Å². The first kappa shape index (κ1) is 28.9. The summed E-state index contributed by atoms with van der Waals surface area (Å²) in [7, 11) is -3.92. The van der Waals surface area contributed by atoms with Crippen molar-refractivity contribution in [2.24, 2.45) is 0 Å². The number of rotatable bonds is 6. The van der Waals surface area contributed by atoms with Gasteiger partial charge in [-0.3, -0.25) is 4.90 Å². The molecule has 0 spiro atoms. The van der Waals surface area contributed by atoms with Crippen LogP contribution in [0.15, 0.2) is 35.6 Å². The first-order valence-electron chi connectivity index (χ1n) is 12.9. The van der Waals surface area contributed by atoms with Crippen molar-refractivity contribution in [2.45, 2.75) is 60.7 Å². The quantitative estimate of drug-likeness (QED) is 0.428. The van der Waals surface area contributed by atoms with E-state index in [0.717, 1.165) is 12.4 Å². The Morgan fingerprint density at radius 2 is 1.73 bits per heavy atom. The highest BCUT2D eigenvalue weighted by molar-refractivity contribution is 7.89. The number of aromatic nitrogens is 3. The SMILES string of the molecule is CC(O)(c1cnc(N2CCN(S(=O)(=O)c3ccc(N)nc3)C[C@@H]2CN2C3COCC2CC(O)C3)nc1)C(F)(F)F. The van der Waals surface area contributed by atoms with Crippen LogP contribution >= 0.6 is 0 Å². The van der Waals surface area contributed by atoms with Gasteiger partial charge in [0, 0.05) is 62.4 Å². The molecule has 2 aromatic rings. The Bertz CT molecular complexity index is 1280. The third kappa shape index (κ3) is 5.47. The molecular formula is C24H32F3N7O5S. The Balaban J connectivity index is 1.43. The van der Waals surface area contributed by atoms with Crippen LogP contribution in [0.4, 0.5) is 24.9 Å². The molecule has 4 atom stereocenters. The molecule has 40 heavy (non-hydrogen) atoms. The van der Waals surface area contributed by atoms with Crippen molar-refractivity contribution in [1.82, 2.24) is 24.2 Å². The fourth-order valence-corrected chi connectivity index (χ4v) is 6.96. The molecule has 0 radical (unpaired) electrons. The minimum Gasteiger partial charge on any atom is -0.393 e. The minimum atomic E-state index is -4.92. The zero-order chi connectivity index (χ0) is 28.9. The molecule has 3 fully saturated rings. The largest absolute Gasteiger partial charge is 0.421 e. The summed E-state index contributed by atoms with van der Waals surface area (Å²) in [5.41, 5.74) is 1.99. The van der Waals surface area contributed by atoms with Crippen molar-refractivity contribution in [3.8, 4) is 0 Å². The Kier molecular flexibility index (Phi) is 7.69. The van der Waals surface area contributed by atoms with Gasteiger partial charge in [-0.1, -0.05) is 0 Å². The van der Waals surface area contributed by atoms with Crippen molar-refractivity contribution in [3.63, 3.8) is 0 Å². The van der Waals surface area contributed by atoms with Gasteiger partial charge in [0.05, 0.1) is 25.4 Å². The average molecular weight is 588 g/mol. The number of hydrogen-bond acceptors (Lipinski definition) is 11. The Hall–Kier alpha value is -2.63. The first-order valence-corrected chi connectivity index (χ1v) is 14.3. The molecule has 5 rings (SSSR count). The Labute approximate surface area is 229 Å². The van der Waals surface area contributed by atoms with Gasteiger partial charge in [-0.2, -0.15) is 17.5 Å². The number of hydrogen-bond donors (Lipinski definition) is 3. The molecule has 3 aliphatic heterocycles. The van der Waals surface area contributed by atoms with Gasteiger partial charge in [0.1, 0.15) is 10.7 Å². The summed E-state index contributed by atoms with van der Waals surface area (Å²) in [6.07, 6.45) is -1.26. The van der Waals surface area contributed by atoms with Crippen molar-refractivity contribution in [2.75, 3.05) is 50.0 Å². The lowest BCUT2D eigenvalue weighted by atomic mass is 9.91. The molecule has 0 aromatic carbocycles. The number of ether oxygens (including phenoxy) is 1. The molecule has 4 N–H and O–H groups in total. The van der Waals surface area contributed by atoms with Gasteiger partial charge < -0.3 is 25.6 Å². The number of nitrogens with two attached hydrogens (primary N) is 1. The molecule has 3 aliphatic rings. The number of halogens is 3. The molecule has 5 heterocycles. The maximum Gasteiger partial charge on any atom is 0.421 e. The van der Waals surface area contributed by atoms with Crippen molar-refractivity contribution >= 4 is 21.8 Å². The van der Waals surface area contributed by atoms with E-state index in [2.05, 4.69) is 19.9 Å². The number of fused-ring (bicyclic) bond motifs is 2. The van der Waals surface area contributed by atoms with E-state index in [9.17, 15) is 31.8 Å². The zero-order valence-electron chi connectivity index (χ0n) is 21.8. The number of piperazine rings is 1. The van der Waals surface area contributed by atoms with E-state index < -0.39 is 39.5 Å². The maximum absolute atomic E-state index is 13.5. The number of pyridine rings is 1. The second-order valence-electron chi connectivity index (χ2n) is 10.6. The fourth-order valence-electron chi connectivity index (χ4n) is 5.55. The van der Waals surface area contributed by atoms with Crippen molar-refractivity contribution in [3.05, 3.63) is 36.3 Å². The molecule has 0 amide bonds. The number of piperidine rings is 1. The number of nitrogen functional groups attached to an aromatic ring is 1. The lowest BCUT2D eigenvalue weighted by Crippen LogP contribution is -2.64. The molecule has 12 nitrogen and oxygen atoms in total. The van der Waals surface area contributed by atoms with E-state index in [0.29, 0.717) is 39.5 Å². The lowest BCUT2D eigenvalue weighted by Gasteiger charge is -2.50. The van der Waals surface area contributed by atoms with E-state index in [1.54, 1.807) is 4.90 Å². The highest BCUT2D eigenvalue weighted by atomic mass is 32.2. The van der Waals surface area contributed by atoms with Crippen LogP contribution in [0.2, 0.25) is 0 Å². The summed E-state index contributed by atoms with van der Waals surface area (Å²) in [6.45, 7) is 2.18. The highest BCUT2D eigenvalue weighted by Crippen LogP contribution is 2.38. The number of alkyl halides is 3. The molecule has 0 aliphatic carbocycles. The third-order valence-electron chi connectivity index (χ3n) is 7.92. The van der Waals surface area contributed by atoms with Gasteiger partial charge in [-0.05, 0) is 31.9 Å². The van der Waals surface area contributed by atoms with E-state index >= 15 is 0 Å². The number of sulfonamides is 1. The second-order valence-corrected chi connectivity index (χ2v) is 12.6. The number of nitrogens with zero attached hydrogens (tertiary/aromatic N) is 6. The van der Waals surface area contributed by atoms with Crippen LogP contribution in [0.1, 0.15) is 25.3 Å². The summed E-state index contributed by atoms with van der Waals surface area (Å²) >= 11 is 0.